The summed E-state index contributed by atoms with van der Waals surface area (Å²) in [5.41, 5.74) is 5.75. The van der Waals surface area contributed by atoms with Crippen LogP contribution in [0.2, 0.25) is 0 Å². The molecule has 0 radical (unpaired) electrons. The summed E-state index contributed by atoms with van der Waals surface area (Å²) >= 11 is 0. The average Bonchev–Trinajstić information content (AvgIpc) is 2.83. The van der Waals surface area contributed by atoms with E-state index in [-0.39, 0.29) is 29.5 Å². The average molecular weight is 227 g/mol. The molecule has 2 rings (SSSR count). The smallest absolute Gasteiger partial charge is 0.302 e. The van der Waals surface area contributed by atoms with Gasteiger partial charge in [0, 0.05) is 31.7 Å². The third-order valence-corrected chi connectivity index (χ3v) is 3.67. The van der Waals surface area contributed by atoms with Crippen LogP contribution in [0.5, 0.6) is 0 Å². The summed E-state index contributed by atoms with van der Waals surface area (Å²) in [5.74, 6) is -0.273. The van der Waals surface area contributed by atoms with E-state index >= 15 is 0 Å². The molecule has 0 aliphatic heterocycles. The Kier molecular flexibility index (Phi) is 2.66. The molecule has 0 aromatic rings. The Morgan fingerprint density at radius 3 is 2.56 bits per heavy atom. The standard InChI is InChI=1S/C11H17NO4/c1-6(13)15-5-11-4-8(11)9(12)3-10(11)16-7(2)14/h8-10H,3-5,12H2,1-2H3/t8-,9+,10+,11+/m1/s1. The minimum Gasteiger partial charge on any atom is -0.465 e. The predicted octanol–water partition coefficient (Wildman–Crippen LogP) is 0.218. The van der Waals surface area contributed by atoms with Gasteiger partial charge in [-0.1, -0.05) is 0 Å². The molecule has 2 N–H and O–H groups in total. The van der Waals surface area contributed by atoms with Crippen molar-refractivity contribution in [2.45, 2.75) is 38.8 Å². The fraction of sp³-hybridized carbons (Fsp3) is 0.818. The molecule has 16 heavy (non-hydrogen) atoms. The third kappa shape index (κ3) is 1.80. The van der Waals surface area contributed by atoms with Crippen molar-refractivity contribution in [2.24, 2.45) is 17.1 Å². The number of esters is 2. The van der Waals surface area contributed by atoms with E-state index < -0.39 is 0 Å². The molecule has 0 saturated heterocycles. The molecular formula is C11H17NO4. The van der Waals surface area contributed by atoms with Gasteiger partial charge in [-0.3, -0.25) is 9.59 Å². The summed E-state index contributed by atoms with van der Waals surface area (Å²) < 4.78 is 10.3. The summed E-state index contributed by atoms with van der Waals surface area (Å²) in [6.07, 6.45) is 1.37. The maximum atomic E-state index is 11.0. The fourth-order valence-electron chi connectivity index (χ4n) is 2.81. The van der Waals surface area contributed by atoms with Gasteiger partial charge in [0.05, 0.1) is 0 Å². The second kappa shape index (κ2) is 3.73. The van der Waals surface area contributed by atoms with E-state index in [4.69, 9.17) is 15.2 Å². The minimum absolute atomic E-state index is 0.0555. The van der Waals surface area contributed by atoms with Crippen LogP contribution in [-0.2, 0) is 19.1 Å². The Labute approximate surface area is 94.3 Å². The molecule has 2 saturated carbocycles. The first kappa shape index (κ1) is 11.4. The number of nitrogens with two attached hydrogens (primary N) is 1. The maximum Gasteiger partial charge on any atom is 0.302 e. The summed E-state index contributed by atoms with van der Waals surface area (Å²) in [7, 11) is 0. The highest BCUT2D eigenvalue weighted by Crippen LogP contribution is 2.63. The van der Waals surface area contributed by atoms with Crippen molar-refractivity contribution >= 4 is 11.9 Å². The molecule has 0 bridgehead atoms. The second-order valence-electron chi connectivity index (χ2n) is 4.82. The third-order valence-electron chi connectivity index (χ3n) is 3.67. The lowest BCUT2D eigenvalue weighted by Crippen LogP contribution is -2.30. The van der Waals surface area contributed by atoms with Crippen LogP contribution in [0.1, 0.15) is 26.7 Å². The van der Waals surface area contributed by atoms with E-state index in [1.807, 2.05) is 0 Å². The monoisotopic (exact) mass is 227 g/mol. The molecule has 4 atom stereocenters. The van der Waals surface area contributed by atoms with E-state index in [0.29, 0.717) is 18.9 Å². The zero-order valence-corrected chi connectivity index (χ0v) is 9.56. The van der Waals surface area contributed by atoms with Gasteiger partial charge in [0.15, 0.2) is 0 Å². The molecule has 5 nitrogen and oxygen atoms in total. The predicted molar refractivity (Wildman–Crippen MR) is 55.3 cm³/mol. The van der Waals surface area contributed by atoms with Gasteiger partial charge in [-0.05, 0) is 12.3 Å². The van der Waals surface area contributed by atoms with Crippen molar-refractivity contribution < 1.29 is 19.1 Å². The van der Waals surface area contributed by atoms with Crippen LogP contribution in [-0.4, -0.2) is 30.7 Å². The van der Waals surface area contributed by atoms with Crippen LogP contribution in [0.4, 0.5) is 0 Å². The van der Waals surface area contributed by atoms with Gasteiger partial charge in [-0.2, -0.15) is 0 Å². The molecule has 0 aromatic carbocycles. The van der Waals surface area contributed by atoms with Crippen molar-refractivity contribution in [1.29, 1.82) is 0 Å². The maximum absolute atomic E-state index is 11.0. The van der Waals surface area contributed by atoms with Gasteiger partial charge < -0.3 is 15.2 Å². The lowest BCUT2D eigenvalue weighted by atomic mass is 10.0. The Hall–Kier alpha value is -1.10. The first-order valence-corrected chi connectivity index (χ1v) is 5.52. The van der Waals surface area contributed by atoms with Gasteiger partial charge in [-0.25, -0.2) is 0 Å². The van der Waals surface area contributed by atoms with E-state index in [9.17, 15) is 9.59 Å². The fourth-order valence-corrected chi connectivity index (χ4v) is 2.81. The zero-order valence-electron chi connectivity index (χ0n) is 9.56. The van der Waals surface area contributed by atoms with E-state index in [0.717, 1.165) is 6.42 Å². The Morgan fingerprint density at radius 2 is 2.06 bits per heavy atom. The molecule has 2 aliphatic rings. The highest BCUT2D eigenvalue weighted by atomic mass is 16.6. The van der Waals surface area contributed by atoms with E-state index in [1.54, 1.807) is 0 Å². The number of ether oxygens (including phenoxy) is 2. The summed E-state index contributed by atoms with van der Waals surface area (Å²) in [4.78, 5) is 21.8. The SMILES string of the molecule is CC(=O)OC[C@@]12C[C@@H]1[C@@H](N)C[C@@H]2OC(C)=O. The Morgan fingerprint density at radius 1 is 1.38 bits per heavy atom. The number of hydrogen-bond donors (Lipinski definition) is 1. The van der Waals surface area contributed by atoms with Crippen LogP contribution in [0.25, 0.3) is 0 Å². The molecular weight excluding hydrogens is 210 g/mol. The Bertz CT molecular complexity index is 330. The molecule has 0 spiro atoms. The topological polar surface area (TPSA) is 78.6 Å². The van der Waals surface area contributed by atoms with Gasteiger partial charge >= 0.3 is 11.9 Å². The van der Waals surface area contributed by atoms with Crippen molar-refractivity contribution in [3.8, 4) is 0 Å². The van der Waals surface area contributed by atoms with Crippen LogP contribution in [0.3, 0.4) is 0 Å². The quantitative estimate of drug-likeness (QED) is 0.698. The number of carbonyl (C=O) groups is 2. The molecule has 0 unspecified atom stereocenters. The first-order chi connectivity index (χ1) is 7.45. The van der Waals surface area contributed by atoms with Crippen molar-refractivity contribution in [3.63, 3.8) is 0 Å². The normalized spacial score (nSPS) is 40.1. The molecule has 2 fully saturated rings. The first-order valence-electron chi connectivity index (χ1n) is 5.52. The lowest BCUT2D eigenvalue weighted by Gasteiger charge is -2.22. The molecule has 0 heterocycles. The summed E-state index contributed by atoms with van der Waals surface area (Å²) in [6, 6.07) is 0.0555. The number of carbonyl (C=O) groups excluding carboxylic acids is 2. The molecule has 5 heteroatoms. The molecule has 0 amide bonds. The summed E-state index contributed by atoms with van der Waals surface area (Å²) in [6.45, 7) is 3.09. The van der Waals surface area contributed by atoms with Gasteiger partial charge in [0.1, 0.15) is 12.7 Å². The molecule has 0 aromatic heterocycles. The number of hydrogen-bond acceptors (Lipinski definition) is 5. The number of fused-ring (bicyclic) bond motifs is 1. The van der Waals surface area contributed by atoms with Crippen molar-refractivity contribution in [2.75, 3.05) is 6.61 Å². The lowest BCUT2D eigenvalue weighted by molar-refractivity contribution is -0.153. The van der Waals surface area contributed by atoms with Crippen LogP contribution < -0.4 is 5.73 Å². The number of rotatable bonds is 3. The highest BCUT2D eigenvalue weighted by Gasteiger charge is 2.68. The largest absolute Gasteiger partial charge is 0.465 e. The van der Waals surface area contributed by atoms with Gasteiger partial charge in [0.2, 0.25) is 0 Å². The van der Waals surface area contributed by atoms with Gasteiger partial charge in [-0.15, -0.1) is 0 Å². The van der Waals surface area contributed by atoms with E-state index in [2.05, 4.69) is 0 Å². The minimum atomic E-state index is -0.304. The van der Waals surface area contributed by atoms with Crippen molar-refractivity contribution in [3.05, 3.63) is 0 Å². The molecule has 2 aliphatic carbocycles. The van der Waals surface area contributed by atoms with Crippen LogP contribution in [0.15, 0.2) is 0 Å². The second-order valence-corrected chi connectivity index (χ2v) is 4.82. The Balaban J connectivity index is 2.01. The van der Waals surface area contributed by atoms with Gasteiger partial charge in [0.25, 0.3) is 0 Å². The molecule has 90 valence electrons. The highest BCUT2D eigenvalue weighted by molar-refractivity contribution is 5.67. The van der Waals surface area contributed by atoms with Crippen LogP contribution in [0, 0.1) is 11.3 Å². The summed E-state index contributed by atoms with van der Waals surface area (Å²) in [5, 5.41) is 0. The van der Waals surface area contributed by atoms with Crippen LogP contribution >= 0.6 is 0 Å². The van der Waals surface area contributed by atoms with Crippen molar-refractivity contribution in [1.82, 2.24) is 0 Å². The zero-order chi connectivity index (χ0) is 11.9. The van der Waals surface area contributed by atoms with E-state index in [1.165, 1.54) is 13.8 Å².